The average molecular weight is 401 g/mol. The zero-order valence-corrected chi connectivity index (χ0v) is 14.8. The lowest BCUT2D eigenvalue weighted by Gasteiger charge is -2.16. The van der Waals surface area contributed by atoms with Gasteiger partial charge in [-0.1, -0.05) is 15.9 Å². The first-order chi connectivity index (χ1) is 11.1. The molecule has 2 rings (SSSR count). The van der Waals surface area contributed by atoms with Crippen molar-refractivity contribution in [3.63, 3.8) is 0 Å². The summed E-state index contributed by atoms with van der Waals surface area (Å²) in [7, 11) is 0. The maximum Gasteiger partial charge on any atom is 0.325 e. The number of halogens is 1. The predicted octanol–water partition coefficient (Wildman–Crippen LogP) is 2.04. The van der Waals surface area contributed by atoms with Crippen molar-refractivity contribution < 1.29 is 19.2 Å². The van der Waals surface area contributed by atoms with Crippen LogP contribution in [0.3, 0.4) is 0 Å². The molecule has 1 aliphatic rings. The van der Waals surface area contributed by atoms with Gasteiger partial charge in [-0.3, -0.25) is 19.8 Å². The van der Waals surface area contributed by atoms with Gasteiger partial charge in [-0.2, -0.15) is 0 Å². The fraction of sp³-hybridized carbons (Fsp3) is 0.429. The Morgan fingerprint density at radius 2 is 2.08 bits per heavy atom. The van der Waals surface area contributed by atoms with Gasteiger partial charge in [-0.05, 0) is 26.3 Å². The number of amides is 3. The van der Waals surface area contributed by atoms with Crippen LogP contribution in [0.5, 0.6) is 5.75 Å². The quantitative estimate of drug-likeness (QED) is 0.247. The van der Waals surface area contributed by atoms with E-state index in [1.54, 1.807) is 13.8 Å². The maximum atomic E-state index is 12.0. The lowest BCUT2D eigenvalue weighted by molar-refractivity contribution is -0.384. The van der Waals surface area contributed by atoms with E-state index >= 15 is 0 Å². The van der Waals surface area contributed by atoms with Crippen LogP contribution in [0.4, 0.5) is 16.2 Å². The smallest absolute Gasteiger partial charge is 0.325 e. The molecule has 3 N–H and O–H groups in total. The predicted molar refractivity (Wildman–Crippen MR) is 89.6 cm³/mol. The number of nitrogens with zero attached hydrogens (tertiary/aromatic N) is 2. The number of benzene rings is 1. The molecule has 0 spiro atoms. The van der Waals surface area contributed by atoms with E-state index in [0.29, 0.717) is 10.9 Å². The van der Waals surface area contributed by atoms with Crippen LogP contribution in [-0.2, 0) is 4.79 Å². The van der Waals surface area contributed by atoms with E-state index in [4.69, 9.17) is 10.5 Å². The van der Waals surface area contributed by atoms with Crippen molar-refractivity contribution in [3.8, 4) is 5.75 Å². The highest BCUT2D eigenvalue weighted by Crippen LogP contribution is 2.35. The van der Waals surface area contributed by atoms with Crippen LogP contribution in [0, 0.1) is 10.1 Å². The number of hydrogen-bond donors (Lipinski definition) is 2. The number of anilines is 1. The van der Waals surface area contributed by atoms with Crippen LogP contribution in [0.2, 0.25) is 0 Å². The Bertz CT molecular complexity index is 707. The van der Waals surface area contributed by atoms with Crippen LogP contribution in [0.1, 0.15) is 20.3 Å². The van der Waals surface area contributed by atoms with Gasteiger partial charge in [0.2, 0.25) is 0 Å². The summed E-state index contributed by atoms with van der Waals surface area (Å²) in [6.07, 6.45) is 0.370. The van der Waals surface area contributed by atoms with Crippen LogP contribution >= 0.6 is 15.9 Å². The first kappa shape index (κ1) is 18.0. The lowest BCUT2D eigenvalue weighted by Crippen LogP contribution is -2.40. The molecule has 0 bridgehead atoms. The maximum absolute atomic E-state index is 12.0. The van der Waals surface area contributed by atoms with Crippen molar-refractivity contribution >= 4 is 39.2 Å². The first-order valence-corrected chi connectivity index (χ1v) is 7.93. The summed E-state index contributed by atoms with van der Waals surface area (Å²) in [4.78, 5) is 35.2. The number of nitrogen functional groups attached to an aromatic ring is 1. The van der Waals surface area contributed by atoms with E-state index < -0.39 is 16.5 Å². The molecule has 10 heteroatoms. The Balaban J connectivity index is 1.95. The topological polar surface area (TPSA) is 128 Å². The molecule has 130 valence electrons. The number of nitrogens with two attached hydrogens (primary N) is 1. The van der Waals surface area contributed by atoms with E-state index in [9.17, 15) is 19.7 Å². The molecule has 0 saturated carbocycles. The summed E-state index contributed by atoms with van der Waals surface area (Å²) < 4.78 is 5.93. The van der Waals surface area contributed by atoms with Gasteiger partial charge in [-0.15, -0.1) is 0 Å². The summed E-state index contributed by atoms with van der Waals surface area (Å²) in [5, 5.41) is 13.5. The van der Waals surface area contributed by atoms with E-state index in [1.807, 2.05) is 0 Å². The number of imide groups is 1. The largest absolute Gasteiger partial charge is 0.491 e. The number of ether oxygens (including phenoxy) is 1. The number of carbonyl (C=O) groups excluding carboxylic acids is 2. The van der Waals surface area contributed by atoms with Crippen LogP contribution in [-0.4, -0.2) is 40.5 Å². The third-order valence-corrected chi connectivity index (χ3v) is 3.97. The molecule has 0 radical (unpaired) electrons. The number of hydrogen-bond acceptors (Lipinski definition) is 6. The molecule has 1 heterocycles. The fourth-order valence-corrected chi connectivity index (χ4v) is 2.70. The molecule has 0 aliphatic carbocycles. The van der Waals surface area contributed by atoms with Crippen molar-refractivity contribution in [1.82, 2.24) is 10.2 Å². The van der Waals surface area contributed by atoms with Gasteiger partial charge in [0, 0.05) is 17.1 Å². The number of nitro groups is 1. The highest BCUT2D eigenvalue weighted by Gasteiger charge is 2.43. The molecular weight excluding hydrogens is 384 g/mol. The third-order valence-electron chi connectivity index (χ3n) is 3.51. The molecule has 1 aromatic rings. The van der Waals surface area contributed by atoms with Gasteiger partial charge in [0.25, 0.3) is 11.6 Å². The highest BCUT2D eigenvalue weighted by molar-refractivity contribution is 9.10. The second-order valence-corrected chi connectivity index (χ2v) is 6.72. The van der Waals surface area contributed by atoms with Crippen molar-refractivity contribution in [2.75, 3.05) is 18.9 Å². The van der Waals surface area contributed by atoms with Gasteiger partial charge in [0.1, 0.15) is 11.3 Å². The molecule has 1 aromatic carbocycles. The number of urea groups is 1. The molecule has 0 atom stereocenters. The van der Waals surface area contributed by atoms with E-state index in [2.05, 4.69) is 21.2 Å². The fourth-order valence-electron chi connectivity index (χ4n) is 2.28. The minimum Gasteiger partial charge on any atom is -0.491 e. The lowest BCUT2D eigenvalue weighted by atomic mass is 10.1. The van der Waals surface area contributed by atoms with E-state index in [-0.39, 0.29) is 36.2 Å². The van der Waals surface area contributed by atoms with Gasteiger partial charge >= 0.3 is 6.03 Å². The van der Waals surface area contributed by atoms with Crippen LogP contribution in [0.15, 0.2) is 16.6 Å². The number of nitrogens with one attached hydrogen (secondary N) is 1. The number of carbonyl (C=O) groups is 2. The van der Waals surface area contributed by atoms with Gasteiger partial charge in [0.05, 0.1) is 11.5 Å². The standard InChI is InChI=1S/C14H17BrN4O5/c1-14(2)12(20)18(13(21)17-14)4-3-5-24-10-7-8(15)6-9(11(10)16)19(22)23/h6-7H,3-5,16H2,1-2H3,(H,17,21). The number of nitro benzene ring substituents is 1. The molecule has 24 heavy (non-hydrogen) atoms. The Morgan fingerprint density at radius 1 is 1.42 bits per heavy atom. The average Bonchev–Trinajstić information content (AvgIpc) is 2.67. The molecule has 1 aliphatic heterocycles. The molecule has 1 fully saturated rings. The van der Waals surface area contributed by atoms with E-state index in [0.717, 1.165) is 4.90 Å². The van der Waals surface area contributed by atoms with Crippen molar-refractivity contribution in [3.05, 3.63) is 26.7 Å². The van der Waals surface area contributed by atoms with Crippen LogP contribution in [0.25, 0.3) is 0 Å². The minimum atomic E-state index is -0.909. The Kier molecular flexibility index (Phi) is 4.97. The summed E-state index contributed by atoms with van der Waals surface area (Å²) in [5.74, 6) is -0.126. The molecule has 1 saturated heterocycles. The first-order valence-electron chi connectivity index (χ1n) is 7.14. The summed E-state index contributed by atoms with van der Waals surface area (Å²) >= 11 is 3.16. The Morgan fingerprint density at radius 3 is 2.62 bits per heavy atom. The summed E-state index contributed by atoms with van der Waals surface area (Å²) in [5.41, 5.74) is 4.49. The summed E-state index contributed by atoms with van der Waals surface area (Å²) in [6.45, 7) is 3.59. The zero-order valence-electron chi connectivity index (χ0n) is 13.2. The normalized spacial score (nSPS) is 16.2. The van der Waals surface area contributed by atoms with Crippen molar-refractivity contribution in [2.24, 2.45) is 0 Å². The zero-order chi connectivity index (χ0) is 18.1. The third kappa shape index (κ3) is 3.58. The Hall–Kier alpha value is -2.36. The van der Waals surface area contributed by atoms with Crippen molar-refractivity contribution in [1.29, 1.82) is 0 Å². The monoisotopic (exact) mass is 400 g/mol. The van der Waals surface area contributed by atoms with Gasteiger partial charge in [0.15, 0.2) is 5.69 Å². The highest BCUT2D eigenvalue weighted by atomic mass is 79.9. The Labute approximate surface area is 146 Å². The summed E-state index contributed by atoms with van der Waals surface area (Å²) in [6, 6.07) is 2.37. The number of rotatable bonds is 6. The van der Waals surface area contributed by atoms with E-state index in [1.165, 1.54) is 12.1 Å². The molecule has 0 unspecified atom stereocenters. The second-order valence-electron chi connectivity index (χ2n) is 5.81. The minimum absolute atomic E-state index is 0.0701. The molecule has 3 amide bonds. The second kappa shape index (κ2) is 6.63. The van der Waals surface area contributed by atoms with Crippen molar-refractivity contribution in [2.45, 2.75) is 25.8 Å². The van der Waals surface area contributed by atoms with Crippen LogP contribution < -0.4 is 15.8 Å². The molecule has 0 aromatic heterocycles. The van der Waals surface area contributed by atoms with Gasteiger partial charge < -0.3 is 15.8 Å². The van der Waals surface area contributed by atoms with Gasteiger partial charge in [-0.25, -0.2) is 4.79 Å². The SMILES string of the molecule is CC1(C)NC(=O)N(CCCOc2cc(Br)cc([N+](=O)[O-])c2N)C1=O. The molecular formula is C14H17BrN4O5. The molecule has 9 nitrogen and oxygen atoms in total.